The number of piperidine rings is 1. The quantitative estimate of drug-likeness (QED) is 0.798. The number of benzene rings is 1. The second-order valence-corrected chi connectivity index (χ2v) is 7.53. The Hall–Kier alpha value is -2.10. The summed E-state index contributed by atoms with van der Waals surface area (Å²) in [7, 11) is 0. The lowest BCUT2D eigenvalue weighted by Gasteiger charge is -2.45. The number of likely N-dealkylation sites (tertiary alicyclic amines) is 1. The number of amides is 1. The average Bonchev–Trinajstić information content (AvgIpc) is 2.58. The maximum Gasteiger partial charge on any atom is 0.335 e. The highest BCUT2D eigenvalue weighted by atomic mass is 16.4. The number of hydrogen-bond donors (Lipinski definition) is 1. The van der Waals surface area contributed by atoms with Crippen molar-refractivity contribution >= 4 is 11.9 Å². The highest BCUT2D eigenvalue weighted by Gasteiger charge is 2.45. The highest BCUT2D eigenvalue weighted by molar-refractivity contribution is 5.89. The molecule has 1 N–H and O–H groups in total. The second-order valence-electron chi connectivity index (χ2n) is 7.53. The number of carboxylic acids is 1. The number of aromatic carboxylic acids is 1. The van der Waals surface area contributed by atoms with E-state index in [9.17, 15) is 14.7 Å². The van der Waals surface area contributed by atoms with Crippen LogP contribution in [0, 0.1) is 11.3 Å². The topological polar surface area (TPSA) is 57.6 Å². The average molecular weight is 341 g/mol. The van der Waals surface area contributed by atoms with Crippen molar-refractivity contribution in [1.82, 2.24) is 4.90 Å². The molecule has 1 aliphatic heterocycles. The summed E-state index contributed by atoms with van der Waals surface area (Å²) in [4.78, 5) is 26.3. The van der Waals surface area contributed by atoms with Crippen LogP contribution < -0.4 is 0 Å². The molecule has 0 unspecified atom stereocenters. The molecule has 0 atom stereocenters. The van der Waals surface area contributed by atoms with E-state index in [-0.39, 0.29) is 5.41 Å². The van der Waals surface area contributed by atoms with Crippen LogP contribution in [0.2, 0.25) is 0 Å². The Morgan fingerprint density at radius 1 is 1.24 bits per heavy atom. The maximum absolute atomic E-state index is 12.9. The first-order valence-corrected chi connectivity index (χ1v) is 9.27. The molecule has 1 saturated heterocycles. The fourth-order valence-electron chi connectivity index (χ4n) is 4.28. The third-order valence-corrected chi connectivity index (χ3v) is 5.96. The molecule has 3 rings (SSSR count). The van der Waals surface area contributed by atoms with Crippen LogP contribution in [-0.4, -0.2) is 35.0 Å². The summed E-state index contributed by atoms with van der Waals surface area (Å²) < 4.78 is 0. The second kappa shape index (κ2) is 7.42. The molecule has 2 aliphatic rings. The zero-order valence-electron chi connectivity index (χ0n) is 14.7. The molecule has 4 heteroatoms. The first-order chi connectivity index (χ1) is 12.1. The van der Waals surface area contributed by atoms with Crippen molar-refractivity contribution in [1.29, 1.82) is 0 Å². The van der Waals surface area contributed by atoms with E-state index in [2.05, 4.69) is 6.58 Å². The molecule has 1 heterocycles. The first kappa shape index (κ1) is 17.7. The minimum atomic E-state index is -0.862. The summed E-state index contributed by atoms with van der Waals surface area (Å²) in [5, 5.41) is 9.32. The van der Waals surface area contributed by atoms with Crippen LogP contribution in [0.25, 0.3) is 0 Å². The van der Waals surface area contributed by atoms with Gasteiger partial charge >= 0.3 is 5.97 Å². The SMILES string of the molecule is C=CCC1(C(=O)N2CCC(Cc3ccccc3C(=O)O)CC2)CCC1. The summed E-state index contributed by atoms with van der Waals surface area (Å²) >= 11 is 0. The molecule has 0 spiro atoms. The predicted molar refractivity (Wildman–Crippen MR) is 97.5 cm³/mol. The third kappa shape index (κ3) is 3.63. The zero-order chi connectivity index (χ0) is 17.9. The van der Waals surface area contributed by atoms with E-state index >= 15 is 0 Å². The Kier molecular flexibility index (Phi) is 5.26. The molecule has 1 aromatic carbocycles. The van der Waals surface area contributed by atoms with Crippen molar-refractivity contribution in [3.63, 3.8) is 0 Å². The van der Waals surface area contributed by atoms with E-state index in [0.29, 0.717) is 17.4 Å². The van der Waals surface area contributed by atoms with Gasteiger partial charge in [-0.05, 0) is 56.1 Å². The van der Waals surface area contributed by atoms with Gasteiger partial charge in [-0.1, -0.05) is 30.7 Å². The molecule has 1 aromatic rings. The van der Waals surface area contributed by atoms with Gasteiger partial charge in [0.1, 0.15) is 0 Å². The zero-order valence-corrected chi connectivity index (χ0v) is 14.7. The normalized spacial score (nSPS) is 19.9. The van der Waals surface area contributed by atoms with Crippen LogP contribution in [0.5, 0.6) is 0 Å². The van der Waals surface area contributed by atoms with Crippen molar-refractivity contribution in [3.05, 3.63) is 48.0 Å². The molecule has 2 fully saturated rings. The van der Waals surface area contributed by atoms with Crippen LogP contribution in [0.3, 0.4) is 0 Å². The molecule has 4 nitrogen and oxygen atoms in total. The summed E-state index contributed by atoms with van der Waals surface area (Å²) in [5.41, 5.74) is 1.13. The largest absolute Gasteiger partial charge is 0.478 e. The summed E-state index contributed by atoms with van der Waals surface area (Å²) in [6, 6.07) is 7.25. The molecule has 0 aromatic heterocycles. The van der Waals surface area contributed by atoms with Crippen molar-refractivity contribution in [2.75, 3.05) is 13.1 Å². The van der Waals surface area contributed by atoms with Crippen LogP contribution in [0.15, 0.2) is 36.9 Å². The van der Waals surface area contributed by atoms with Gasteiger partial charge in [-0.25, -0.2) is 4.79 Å². The summed E-state index contributed by atoms with van der Waals surface area (Å²) in [5.74, 6) is -0.108. The standard InChI is InChI=1S/C21H27NO3/c1-2-10-21(11-5-12-21)20(25)22-13-8-16(9-14-22)15-17-6-3-4-7-18(17)19(23)24/h2-4,6-7,16H,1,5,8-15H2,(H,23,24). The van der Waals surface area contributed by atoms with Crippen LogP contribution in [0.1, 0.15) is 54.4 Å². The number of rotatable bonds is 6. The fourth-order valence-corrected chi connectivity index (χ4v) is 4.28. The van der Waals surface area contributed by atoms with Gasteiger partial charge in [-0.15, -0.1) is 6.58 Å². The maximum atomic E-state index is 12.9. The van der Waals surface area contributed by atoms with Crippen molar-refractivity contribution in [2.45, 2.75) is 44.9 Å². The Balaban J connectivity index is 1.58. The Bertz CT molecular complexity index is 655. The minimum Gasteiger partial charge on any atom is -0.478 e. The lowest BCUT2D eigenvalue weighted by Crippen LogP contribution is -2.50. The summed E-state index contributed by atoms with van der Waals surface area (Å²) in [6.45, 7) is 5.40. The van der Waals surface area contributed by atoms with E-state index in [0.717, 1.165) is 63.6 Å². The van der Waals surface area contributed by atoms with E-state index in [1.807, 2.05) is 23.1 Å². The molecule has 1 saturated carbocycles. The van der Waals surface area contributed by atoms with E-state index in [4.69, 9.17) is 0 Å². The Morgan fingerprint density at radius 3 is 2.48 bits per heavy atom. The van der Waals surface area contributed by atoms with Crippen LogP contribution in [0.4, 0.5) is 0 Å². The van der Waals surface area contributed by atoms with Crippen molar-refractivity contribution in [3.8, 4) is 0 Å². The van der Waals surface area contributed by atoms with E-state index in [1.54, 1.807) is 12.1 Å². The first-order valence-electron chi connectivity index (χ1n) is 9.27. The number of hydrogen-bond acceptors (Lipinski definition) is 2. The number of carbonyl (C=O) groups excluding carboxylic acids is 1. The molecular formula is C21H27NO3. The molecule has 0 radical (unpaired) electrons. The lowest BCUT2D eigenvalue weighted by atomic mass is 9.65. The molecular weight excluding hydrogens is 314 g/mol. The number of carboxylic acid groups (broad SMARTS) is 1. The van der Waals surface area contributed by atoms with Gasteiger partial charge in [-0.2, -0.15) is 0 Å². The van der Waals surface area contributed by atoms with Crippen LogP contribution >= 0.6 is 0 Å². The van der Waals surface area contributed by atoms with Gasteiger partial charge in [0.05, 0.1) is 11.0 Å². The Morgan fingerprint density at radius 2 is 1.92 bits per heavy atom. The van der Waals surface area contributed by atoms with E-state index in [1.165, 1.54) is 0 Å². The number of allylic oxidation sites excluding steroid dienone is 1. The fraction of sp³-hybridized carbons (Fsp3) is 0.524. The monoisotopic (exact) mass is 341 g/mol. The van der Waals surface area contributed by atoms with Gasteiger partial charge in [0, 0.05) is 13.1 Å². The predicted octanol–water partition coefficient (Wildman–Crippen LogP) is 3.91. The molecule has 0 bridgehead atoms. The lowest BCUT2D eigenvalue weighted by molar-refractivity contribution is -0.148. The number of nitrogens with zero attached hydrogens (tertiary/aromatic N) is 1. The van der Waals surface area contributed by atoms with Crippen molar-refractivity contribution < 1.29 is 14.7 Å². The minimum absolute atomic E-state index is 0.176. The number of carbonyl (C=O) groups is 2. The smallest absolute Gasteiger partial charge is 0.335 e. The summed E-state index contributed by atoms with van der Waals surface area (Å²) in [6.07, 6.45) is 8.47. The molecule has 1 aliphatic carbocycles. The van der Waals surface area contributed by atoms with Gasteiger partial charge in [0.25, 0.3) is 0 Å². The van der Waals surface area contributed by atoms with Gasteiger partial charge in [0.2, 0.25) is 5.91 Å². The third-order valence-electron chi connectivity index (χ3n) is 5.96. The molecule has 1 amide bonds. The Labute approximate surface area is 149 Å². The van der Waals surface area contributed by atoms with Gasteiger partial charge < -0.3 is 10.0 Å². The highest BCUT2D eigenvalue weighted by Crippen LogP contribution is 2.46. The molecule has 134 valence electrons. The van der Waals surface area contributed by atoms with Crippen molar-refractivity contribution in [2.24, 2.45) is 11.3 Å². The van der Waals surface area contributed by atoms with Crippen LogP contribution in [-0.2, 0) is 11.2 Å². The van der Waals surface area contributed by atoms with E-state index < -0.39 is 5.97 Å². The van der Waals surface area contributed by atoms with Gasteiger partial charge in [-0.3, -0.25) is 4.79 Å². The molecule has 25 heavy (non-hydrogen) atoms. The van der Waals surface area contributed by atoms with Gasteiger partial charge in [0.15, 0.2) is 0 Å².